The van der Waals surface area contributed by atoms with E-state index in [-0.39, 0.29) is 5.41 Å². The van der Waals surface area contributed by atoms with Crippen LogP contribution in [0.25, 0.3) is 0 Å². The minimum Gasteiger partial charge on any atom is -0.382 e. The molecular weight excluding hydrogens is 258 g/mol. The SMILES string of the molecule is COCCOCCc1noc(C2(C(C)C)CCNC2)n1. The van der Waals surface area contributed by atoms with Gasteiger partial charge in [0.05, 0.1) is 25.2 Å². The van der Waals surface area contributed by atoms with E-state index in [1.807, 2.05) is 0 Å². The molecule has 114 valence electrons. The average Bonchev–Trinajstić information content (AvgIpc) is 3.08. The van der Waals surface area contributed by atoms with E-state index in [2.05, 4.69) is 29.3 Å². The van der Waals surface area contributed by atoms with Gasteiger partial charge in [0.25, 0.3) is 0 Å². The molecule has 0 bridgehead atoms. The quantitative estimate of drug-likeness (QED) is 0.722. The summed E-state index contributed by atoms with van der Waals surface area (Å²) < 4.78 is 15.9. The van der Waals surface area contributed by atoms with Crippen LogP contribution in [0.15, 0.2) is 4.52 Å². The van der Waals surface area contributed by atoms with E-state index >= 15 is 0 Å². The molecule has 0 amide bonds. The van der Waals surface area contributed by atoms with Crippen molar-refractivity contribution >= 4 is 0 Å². The van der Waals surface area contributed by atoms with E-state index in [4.69, 9.17) is 14.0 Å². The van der Waals surface area contributed by atoms with E-state index in [0.717, 1.165) is 31.2 Å². The molecule has 1 unspecified atom stereocenters. The van der Waals surface area contributed by atoms with E-state index in [9.17, 15) is 0 Å². The molecular formula is C14H25N3O3. The highest BCUT2D eigenvalue weighted by Crippen LogP contribution is 2.36. The van der Waals surface area contributed by atoms with Crippen molar-refractivity contribution in [1.82, 2.24) is 15.5 Å². The lowest BCUT2D eigenvalue weighted by atomic mass is 9.76. The number of rotatable bonds is 8. The monoisotopic (exact) mass is 283 g/mol. The van der Waals surface area contributed by atoms with Gasteiger partial charge in [0.2, 0.25) is 5.89 Å². The van der Waals surface area contributed by atoms with Crippen molar-refractivity contribution in [2.45, 2.75) is 32.1 Å². The van der Waals surface area contributed by atoms with Crippen LogP contribution in [0.4, 0.5) is 0 Å². The van der Waals surface area contributed by atoms with Gasteiger partial charge >= 0.3 is 0 Å². The number of nitrogens with one attached hydrogen (secondary N) is 1. The lowest BCUT2D eigenvalue weighted by Crippen LogP contribution is -2.35. The minimum atomic E-state index is -0.0117. The lowest BCUT2D eigenvalue weighted by Gasteiger charge is -2.28. The van der Waals surface area contributed by atoms with Crippen LogP contribution in [0.3, 0.4) is 0 Å². The Labute approximate surface area is 120 Å². The predicted octanol–water partition coefficient (Wildman–Crippen LogP) is 1.16. The molecule has 2 heterocycles. The molecule has 1 aromatic heterocycles. The molecule has 0 aromatic carbocycles. The largest absolute Gasteiger partial charge is 0.382 e. The molecule has 1 saturated heterocycles. The summed E-state index contributed by atoms with van der Waals surface area (Å²) in [4.78, 5) is 4.57. The Hall–Kier alpha value is -0.980. The van der Waals surface area contributed by atoms with E-state index < -0.39 is 0 Å². The molecule has 0 spiro atoms. The second kappa shape index (κ2) is 7.15. The van der Waals surface area contributed by atoms with Crippen LogP contribution in [0.2, 0.25) is 0 Å². The Bertz CT molecular complexity index is 400. The van der Waals surface area contributed by atoms with Gasteiger partial charge in [-0.25, -0.2) is 0 Å². The van der Waals surface area contributed by atoms with Crippen LogP contribution in [0.5, 0.6) is 0 Å². The second-order valence-electron chi connectivity index (χ2n) is 5.61. The predicted molar refractivity (Wildman–Crippen MR) is 74.7 cm³/mol. The number of ether oxygens (including phenoxy) is 2. The molecule has 6 heteroatoms. The van der Waals surface area contributed by atoms with Crippen LogP contribution in [0.1, 0.15) is 32.0 Å². The van der Waals surface area contributed by atoms with Gasteiger partial charge in [0.1, 0.15) is 0 Å². The molecule has 1 atom stereocenters. The molecule has 1 fully saturated rings. The van der Waals surface area contributed by atoms with Crippen molar-refractivity contribution in [3.05, 3.63) is 11.7 Å². The summed E-state index contributed by atoms with van der Waals surface area (Å²) in [6.45, 7) is 8.15. The highest BCUT2D eigenvalue weighted by atomic mass is 16.5. The zero-order valence-electron chi connectivity index (χ0n) is 12.6. The Morgan fingerprint density at radius 3 is 2.85 bits per heavy atom. The van der Waals surface area contributed by atoms with Gasteiger partial charge in [-0.15, -0.1) is 0 Å². The summed E-state index contributed by atoms with van der Waals surface area (Å²) in [6, 6.07) is 0. The van der Waals surface area contributed by atoms with Gasteiger partial charge < -0.3 is 19.3 Å². The van der Waals surface area contributed by atoms with Crippen LogP contribution in [-0.4, -0.2) is 50.2 Å². The summed E-state index contributed by atoms with van der Waals surface area (Å²) in [5, 5.41) is 7.48. The van der Waals surface area contributed by atoms with Crippen molar-refractivity contribution in [3.63, 3.8) is 0 Å². The zero-order valence-corrected chi connectivity index (χ0v) is 12.6. The fraction of sp³-hybridized carbons (Fsp3) is 0.857. The normalized spacial score (nSPS) is 22.8. The van der Waals surface area contributed by atoms with Gasteiger partial charge in [-0.1, -0.05) is 19.0 Å². The highest BCUT2D eigenvalue weighted by molar-refractivity contribution is 5.11. The maximum Gasteiger partial charge on any atom is 0.234 e. The number of nitrogens with zero attached hydrogens (tertiary/aromatic N) is 2. The molecule has 6 nitrogen and oxygen atoms in total. The molecule has 1 aliphatic rings. The van der Waals surface area contributed by atoms with Gasteiger partial charge in [-0.2, -0.15) is 4.98 Å². The third kappa shape index (κ3) is 3.37. The van der Waals surface area contributed by atoms with Crippen molar-refractivity contribution in [3.8, 4) is 0 Å². The number of hydrogen-bond acceptors (Lipinski definition) is 6. The van der Waals surface area contributed by atoms with Gasteiger partial charge in [-0.05, 0) is 18.9 Å². The van der Waals surface area contributed by atoms with Crippen LogP contribution in [0, 0.1) is 5.92 Å². The first kappa shape index (κ1) is 15.4. The van der Waals surface area contributed by atoms with Crippen molar-refractivity contribution in [2.24, 2.45) is 5.92 Å². The second-order valence-corrected chi connectivity index (χ2v) is 5.61. The zero-order chi connectivity index (χ0) is 14.4. The smallest absolute Gasteiger partial charge is 0.234 e. The van der Waals surface area contributed by atoms with E-state index in [1.165, 1.54) is 0 Å². The number of hydrogen-bond donors (Lipinski definition) is 1. The van der Waals surface area contributed by atoms with E-state index in [1.54, 1.807) is 7.11 Å². The van der Waals surface area contributed by atoms with Crippen LogP contribution < -0.4 is 5.32 Å². The summed E-state index contributed by atoms with van der Waals surface area (Å²) in [5.41, 5.74) is -0.0117. The first-order valence-corrected chi connectivity index (χ1v) is 7.29. The first-order valence-electron chi connectivity index (χ1n) is 7.29. The Morgan fingerprint density at radius 1 is 1.35 bits per heavy atom. The van der Waals surface area contributed by atoms with Crippen molar-refractivity contribution in [1.29, 1.82) is 0 Å². The van der Waals surface area contributed by atoms with Crippen molar-refractivity contribution < 1.29 is 14.0 Å². The maximum atomic E-state index is 5.51. The molecule has 0 aliphatic carbocycles. The summed E-state index contributed by atoms with van der Waals surface area (Å²) in [5.74, 6) is 1.97. The standard InChI is InChI=1S/C14H25N3O3/c1-11(2)14(5-6-15-10-14)13-16-12(17-20-13)4-7-19-9-8-18-3/h11,15H,4-10H2,1-3H3. The number of methoxy groups -OCH3 is 1. The van der Waals surface area contributed by atoms with Gasteiger partial charge in [0.15, 0.2) is 5.82 Å². The first-order chi connectivity index (χ1) is 9.69. The Kier molecular flexibility index (Phi) is 5.51. The van der Waals surface area contributed by atoms with Gasteiger partial charge in [0, 0.05) is 20.1 Å². The highest BCUT2D eigenvalue weighted by Gasteiger charge is 2.43. The minimum absolute atomic E-state index is 0.0117. The molecule has 0 radical (unpaired) electrons. The van der Waals surface area contributed by atoms with Crippen molar-refractivity contribution in [2.75, 3.05) is 40.0 Å². The number of aromatic nitrogens is 2. The molecule has 1 N–H and O–H groups in total. The van der Waals surface area contributed by atoms with Gasteiger partial charge in [-0.3, -0.25) is 0 Å². The summed E-state index contributed by atoms with van der Waals surface area (Å²) >= 11 is 0. The molecule has 1 aliphatic heterocycles. The topological polar surface area (TPSA) is 69.4 Å². The summed E-state index contributed by atoms with van der Waals surface area (Å²) in [7, 11) is 1.66. The fourth-order valence-corrected chi connectivity index (χ4v) is 2.60. The Balaban J connectivity index is 1.91. The third-order valence-electron chi connectivity index (χ3n) is 4.09. The molecule has 1 aromatic rings. The third-order valence-corrected chi connectivity index (χ3v) is 4.09. The maximum absolute atomic E-state index is 5.51. The molecule has 0 saturated carbocycles. The van der Waals surface area contributed by atoms with Crippen LogP contribution >= 0.6 is 0 Å². The van der Waals surface area contributed by atoms with E-state index in [0.29, 0.717) is 32.2 Å². The lowest BCUT2D eigenvalue weighted by molar-refractivity contribution is 0.0714. The molecule has 20 heavy (non-hydrogen) atoms. The average molecular weight is 283 g/mol. The Morgan fingerprint density at radius 2 is 2.20 bits per heavy atom. The molecule has 2 rings (SSSR count). The van der Waals surface area contributed by atoms with Crippen LogP contribution in [-0.2, 0) is 21.3 Å². The summed E-state index contributed by atoms with van der Waals surface area (Å²) in [6.07, 6.45) is 1.73. The fourth-order valence-electron chi connectivity index (χ4n) is 2.60.